The zero-order valence-corrected chi connectivity index (χ0v) is 11.5. The Kier molecular flexibility index (Phi) is 5.34. The van der Waals surface area contributed by atoms with Crippen LogP contribution in [0, 0.1) is 0 Å². The molecular weight excluding hydrogens is 230 g/mol. The van der Waals surface area contributed by atoms with Gasteiger partial charge in [0.15, 0.2) is 0 Å². The first kappa shape index (κ1) is 14.7. The molecule has 0 aliphatic carbocycles. The third-order valence-electron chi connectivity index (χ3n) is 3.16. The van der Waals surface area contributed by atoms with Crippen molar-refractivity contribution in [2.24, 2.45) is 0 Å². The highest BCUT2D eigenvalue weighted by Crippen LogP contribution is 2.09. The summed E-state index contributed by atoms with van der Waals surface area (Å²) in [5.74, 6) is -0.0436. The normalized spacial score (nSPS) is 20.4. The number of likely N-dealkylation sites (N-methyl/N-ethyl adjacent to an activating group) is 2. The lowest BCUT2D eigenvalue weighted by molar-refractivity contribution is -0.137. The average molecular weight is 253 g/mol. The van der Waals surface area contributed by atoms with Crippen LogP contribution in [0.4, 0.5) is 0 Å². The fourth-order valence-electron chi connectivity index (χ4n) is 2.07. The first-order chi connectivity index (χ1) is 8.45. The van der Waals surface area contributed by atoms with E-state index in [0.29, 0.717) is 19.6 Å². The van der Waals surface area contributed by atoms with Gasteiger partial charge in [-0.1, -0.05) is 12.2 Å². The van der Waals surface area contributed by atoms with E-state index in [1.54, 1.807) is 4.90 Å². The number of carbonyl (C=O) groups is 2. The van der Waals surface area contributed by atoms with Crippen LogP contribution in [0.25, 0.3) is 0 Å². The Morgan fingerprint density at radius 1 is 1.61 bits per heavy atom. The van der Waals surface area contributed by atoms with Gasteiger partial charge in [-0.2, -0.15) is 0 Å². The quantitative estimate of drug-likeness (QED) is 0.714. The van der Waals surface area contributed by atoms with Crippen LogP contribution in [0.2, 0.25) is 0 Å². The maximum absolute atomic E-state index is 12.1. The molecule has 0 radical (unpaired) electrons. The summed E-state index contributed by atoms with van der Waals surface area (Å²) < 4.78 is 0. The van der Waals surface area contributed by atoms with Crippen LogP contribution >= 0.6 is 0 Å². The number of piperazine rings is 1. The molecular formula is C13H23N3O2. The number of rotatable bonds is 5. The zero-order valence-electron chi connectivity index (χ0n) is 11.5. The SMILES string of the molecule is C=C(C)CN(CC)C(=O)C[C@@H]1C(=O)NCCN1C. The molecule has 1 N–H and O–H groups in total. The maximum Gasteiger partial charge on any atom is 0.237 e. The van der Waals surface area contributed by atoms with Crippen molar-refractivity contribution in [3.8, 4) is 0 Å². The first-order valence-corrected chi connectivity index (χ1v) is 6.35. The fraction of sp³-hybridized carbons (Fsp3) is 0.692. The Balaban J connectivity index is 2.61. The topological polar surface area (TPSA) is 52.7 Å². The van der Waals surface area contributed by atoms with Gasteiger partial charge in [-0.05, 0) is 20.9 Å². The van der Waals surface area contributed by atoms with Crippen molar-refractivity contribution in [3.63, 3.8) is 0 Å². The number of carbonyl (C=O) groups excluding carboxylic acids is 2. The van der Waals surface area contributed by atoms with E-state index in [1.165, 1.54) is 0 Å². The molecule has 0 bridgehead atoms. The van der Waals surface area contributed by atoms with Crippen LogP contribution < -0.4 is 5.32 Å². The predicted molar refractivity (Wildman–Crippen MR) is 71.1 cm³/mol. The second-order valence-electron chi connectivity index (χ2n) is 4.86. The minimum atomic E-state index is -0.342. The van der Waals surface area contributed by atoms with Crippen LogP contribution in [0.1, 0.15) is 20.3 Å². The van der Waals surface area contributed by atoms with Gasteiger partial charge in [-0.3, -0.25) is 14.5 Å². The molecule has 18 heavy (non-hydrogen) atoms. The molecule has 0 saturated carbocycles. The number of hydrogen-bond acceptors (Lipinski definition) is 3. The number of nitrogens with zero attached hydrogens (tertiary/aromatic N) is 2. The maximum atomic E-state index is 12.1. The minimum Gasteiger partial charge on any atom is -0.353 e. The van der Waals surface area contributed by atoms with Crippen LogP contribution in [0.5, 0.6) is 0 Å². The lowest BCUT2D eigenvalue weighted by Crippen LogP contribution is -2.55. The van der Waals surface area contributed by atoms with E-state index < -0.39 is 0 Å². The predicted octanol–water partition coefficient (Wildman–Crippen LogP) is 0.231. The van der Waals surface area contributed by atoms with Gasteiger partial charge in [0, 0.05) is 26.2 Å². The van der Waals surface area contributed by atoms with E-state index in [9.17, 15) is 9.59 Å². The lowest BCUT2D eigenvalue weighted by atomic mass is 10.1. The highest BCUT2D eigenvalue weighted by atomic mass is 16.2. The molecule has 0 spiro atoms. The van der Waals surface area contributed by atoms with Gasteiger partial charge < -0.3 is 10.2 Å². The largest absolute Gasteiger partial charge is 0.353 e. The monoisotopic (exact) mass is 253 g/mol. The van der Waals surface area contributed by atoms with Crippen molar-refractivity contribution >= 4 is 11.8 Å². The van der Waals surface area contributed by atoms with Gasteiger partial charge in [-0.15, -0.1) is 0 Å². The van der Waals surface area contributed by atoms with Gasteiger partial charge >= 0.3 is 0 Å². The van der Waals surface area contributed by atoms with Crippen molar-refractivity contribution in [1.82, 2.24) is 15.1 Å². The molecule has 1 saturated heterocycles. The summed E-state index contributed by atoms with van der Waals surface area (Å²) in [6.07, 6.45) is 0.240. The van der Waals surface area contributed by atoms with Crippen LogP contribution in [-0.4, -0.2) is 60.9 Å². The molecule has 1 rings (SSSR count). The fourth-order valence-corrected chi connectivity index (χ4v) is 2.07. The molecule has 1 aliphatic rings. The zero-order chi connectivity index (χ0) is 13.7. The van der Waals surface area contributed by atoms with E-state index in [1.807, 2.05) is 25.8 Å². The summed E-state index contributed by atoms with van der Waals surface area (Å²) in [5.41, 5.74) is 0.951. The highest BCUT2D eigenvalue weighted by molar-refractivity contribution is 5.88. The smallest absolute Gasteiger partial charge is 0.237 e. The summed E-state index contributed by atoms with van der Waals surface area (Å²) in [4.78, 5) is 27.5. The second kappa shape index (κ2) is 6.54. The minimum absolute atomic E-state index is 0.00870. The summed E-state index contributed by atoms with van der Waals surface area (Å²) in [6, 6.07) is -0.342. The molecule has 1 heterocycles. The molecule has 5 heteroatoms. The molecule has 1 atom stereocenters. The third-order valence-corrected chi connectivity index (χ3v) is 3.16. The Hall–Kier alpha value is -1.36. The van der Waals surface area contributed by atoms with Gasteiger partial charge in [0.05, 0.1) is 12.5 Å². The summed E-state index contributed by atoms with van der Waals surface area (Å²) >= 11 is 0. The van der Waals surface area contributed by atoms with Crippen molar-refractivity contribution in [2.45, 2.75) is 26.3 Å². The Morgan fingerprint density at radius 2 is 2.28 bits per heavy atom. The molecule has 0 aromatic carbocycles. The van der Waals surface area contributed by atoms with E-state index in [4.69, 9.17) is 0 Å². The van der Waals surface area contributed by atoms with Gasteiger partial charge in [0.1, 0.15) is 0 Å². The molecule has 0 aromatic rings. The van der Waals surface area contributed by atoms with Crippen molar-refractivity contribution in [2.75, 3.05) is 33.2 Å². The van der Waals surface area contributed by atoms with Crippen LogP contribution in [-0.2, 0) is 9.59 Å². The van der Waals surface area contributed by atoms with Gasteiger partial charge in [0.25, 0.3) is 0 Å². The Labute approximate surface area is 109 Å². The number of amides is 2. The van der Waals surface area contributed by atoms with Crippen molar-refractivity contribution < 1.29 is 9.59 Å². The van der Waals surface area contributed by atoms with E-state index in [0.717, 1.165) is 12.1 Å². The Morgan fingerprint density at radius 3 is 2.78 bits per heavy atom. The lowest BCUT2D eigenvalue weighted by Gasteiger charge is -2.32. The summed E-state index contributed by atoms with van der Waals surface area (Å²) in [7, 11) is 1.88. The summed E-state index contributed by atoms with van der Waals surface area (Å²) in [6.45, 7) is 10.3. The molecule has 1 aliphatic heterocycles. The van der Waals surface area contributed by atoms with Crippen LogP contribution in [0.15, 0.2) is 12.2 Å². The van der Waals surface area contributed by atoms with Crippen LogP contribution in [0.3, 0.4) is 0 Å². The highest BCUT2D eigenvalue weighted by Gasteiger charge is 2.30. The van der Waals surface area contributed by atoms with E-state index in [2.05, 4.69) is 11.9 Å². The summed E-state index contributed by atoms with van der Waals surface area (Å²) in [5, 5.41) is 2.80. The molecule has 2 amide bonds. The molecule has 5 nitrogen and oxygen atoms in total. The number of nitrogens with one attached hydrogen (secondary N) is 1. The van der Waals surface area contributed by atoms with Gasteiger partial charge in [0.2, 0.25) is 11.8 Å². The molecule has 0 aromatic heterocycles. The van der Waals surface area contributed by atoms with E-state index >= 15 is 0 Å². The molecule has 1 fully saturated rings. The third kappa shape index (κ3) is 3.84. The molecule has 0 unspecified atom stereocenters. The Bertz CT molecular complexity index is 341. The first-order valence-electron chi connectivity index (χ1n) is 6.35. The standard InChI is InChI=1S/C13H23N3O2/c1-5-16(9-10(2)3)12(17)8-11-13(18)14-6-7-15(11)4/h11H,2,5-9H2,1,3-4H3,(H,14,18)/t11-/m1/s1. The molecule has 102 valence electrons. The number of hydrogen-bond donors (Lipinski definition) is 1. The average Bonchev–Trinajstić information content (AvgIpc) is 2.30. The van der Waals surface area contributed by atoms with E-state index in [-0.39, 0.29) is 24.3 Å². The second-order valence-corrected chi connectivity index (χ2v) is 4.86. The van der Waals surface area contributed by atoms with Gasteiger partial charge in [-0.25, -0.2) is 0 Å². The van der Waals surface area contributed by atoms with Crippen molar-refractivity contribution in [1.29, 1.82) is 0 Å². The van der Waals surface area contributed by atoms with Crippen molar-refractivity contribution in [3.05, 3.63) is 12.2 Å².